The Hall–Kier alpha value is -0.650. The third-order valence-electron chi connectivity index (χ3n) is 4.54. The first kappa shape index (κ1) is 13.3. The zero-order valence-corrected chi connectivity index (χ0v) is 12.3. The minimum atomic E-state index is 0.0719. The summed E-state index contributed by atoms with van der Waals surface area (Å²) in [6.45, 7) is 4.19. The van der Waals surface area contributed by atoms with Gasteiger partial charge in [0, 0.05) is 35.7 Å². The Labute approximate surface area is 118 Å². The van der Waals surface area contributed by atoms with Gasteiger partial charge in [0.2, 0.25) is 0 Å². The number of hydrogen-bond acceptors (Lipinski definition) is 4. The molecule has 1 aromatic rings. The fourth-order valence-corrected chi connectivity index (χ4v) is 4.35. The molecule has 2 aliphatic rings. The van der Waals surface area contributed by atoms with Crippen molar-refractivity contribution in [3.8, 4) is 0 Å². The number of aromatic amines is 1. The van der Waals surface area contributed by atoms with Crippen LogP contribution in [0.3, 0.4) is 0 Å². The van der Waals surface area contributed by atoms with Crippen LogP contribution in [0.15, 0.2) is 10.2 Å². The van der Waals surface area contributed by atoms with E-state index in [1.54, 1.807) is 0 Å². The fourth-order valence-electron chi connectivity index (χ4n) is 3.78. The van der Waals surface area contributed by atoms with Crippen LogP contribution in [0.1, 0.15) is 44.7 Å². The zero-order chi connectivity index (χ0) is 13.2. The first-order chi connectivity index (χ1) is 9.26. The van der Waals surface area contributed by atoms with Crippen molar-refractivity contribution in [1.29, 1.82) is 0 Å². The SMILES string of the molecule is CCNC1CC2CCCC(C1)N2Cc1csc(=O)[nH]1. The van der Waals surface area contributed by atoms with E-state index in [4.69, 9.17) is 0 Å². The van der Waals surface area contributed by atoms with Gasteiger partial charge in [0.05, 0.1) is 0 Å². The number of piperidine rings is 2. The minimum Gasteiger partial charge on any atom is -0.315 e. The smallest absolute Gasteiger partial charge is 0.304 e. The maximum Gasteiger partial charge on any atom is 0.304 e. The molecule has 1 aromatic heterocycles. The fraction of sp³-hybridized carbons (Fsp3) is 0.786. The molecule has 0 aromatic carbocycles. The monoisotopic (exact) mass is 281 g/mol. The normalized spacial score (nSPS) is 31.5. The average molecular weight is 281 g/mol. The van der Waals surface area contributed by atoms with E-state index in [0.717, 1.165) is 18.8 Å². The summed E-state index contributed by atoms with van der Waals surface area (Å²) in [5.41, 5.74) is 1.09. The Morgan fingerprint density at radius 1 is 1.42 bits per heavy atom. The summed E-state index contributed by atoms with van der Waals surface area (Å²) in [6.07, 6.45) is 6.52. The molecule has 0 amide bonds. The number of nitrogens with one attached hydrogen (secondary N) is 2. The summed E-state index contributed by atoms with van der Waals surface area (Å²) in [5.74, 6) is 0. The Bertz CT molecular complexity index is 455. The summed E-state index contributed by atoms with van der Waals surface area (Å²) in [5, 5.41) is 5.60. The molecule has 2 N–H and O–H groups in total. The highest BCUT2D eigenvalue weighted by Crippen LogP contribution is 2.34. The number of fused-ring (bicyclic) bond motifs is 2. The second-order valence-electron chi connectivity index (χ2n) is 5.81. The molecular weight excluding hydrogens is 258 g/mol. The van der Waals surface area contributed by atoms with Crippen molar-refractivity contribution in [2.45, 2.75) is 63.7 Å². The van der Waals surface area contributed by atoms with Crippen LogP contribution in [0.5, 0.6) is 0 Å². The predicted octanol–water partition coefficient (Wildman–Crippen LogP) is 1.93. The highest BCUT2D eigenvalue weighted by molar-refractivity contribution is 7.07. The van der Waals surface area contributed by atoms with Gasteiger partial charge in [0.25, 0.3) is 0 Å². The van der Waals surface area contributed by atoms with Crippen molar-refractivity contribution in [3.63, 3.8) is 0 Å². The number of rotatable bonds is 4. The van der Waals surface area contributed by atoms with Crippen LogP contribution < -0.4 is 10.2 Å². The van der Waals surface area contributed by atoms with Gasteiger partial charge in [-0.2, -0.15) is 0 Å². The molecule has 0 saturated carbocycles. The molecule has 2 fully saturated rings. The van der Waals surface area contributed by atoms with Crippen LogP contribution in [-0.4, -0.2) is 34.6 Å². The largest absolute Gasteiger partial charge is 0.315 e. The van der Waals surface area contributed by atoms with Gasteiger partial charge < -0.3 is 10.3 Å². The topological polar surface area (TPSA) is 48.1 Å². The minimum absolute atomic E-state index is 0.0719. The first-order valence-corrected chi connectivity index (χ1v) is 8.30. The molecule has 2 unspecified atom stereocenters. The maximum absolute atomic E-state index is 11.3. The van der Waals surface area contributed by atoms with Crippen molar-refractivity contribution in [1.82, 2.24) is 15.2 Å². The molecule has 4 nitrogen and oxygen atoms in total. The van der Waals surface area contributed by atoms with Crippen LogP contribution in [0.25, 0.3) is 0 Å². The van der Waals surface area contributed by atoms with E-state index in [1.807, 2.05) is 5.38 Å². The van der Waals surface area contributed by atoms with Gasteiger partial charge >= 0.3 is 4.87 Å². The van der Waals surface area contributed by atoms with E-state index in [2.05, 4.69) is 22.1 Å². The molecular formula is C14H23N3OS. The van der Waals surface area contributed by atoms with Crippen LogP contribution >= 0.6 is 11.3 Å². The summed E-state index contributed by atoms with van der Waals surface area (Å²) in [4.78, 5) is 16.9. The highest BCUT2D eigenvalue weighted by Gasteiger charge is 2.37. The Morgan fingerprint density at radius 3 is 2.74 bits per heavy atom. The number of H-pyrrole nitrogens is 1. The van der Waals surface area contributed by atoms with Crippen molar-refractivity contribution in [2.75, 3.05) is 6.54 Å². The van der Waals surface area contributed by atoms with Crippen LogP contribution in [0, 0.1) is 0 Å². The molecule has 2 bridgehead atoms. The molecule has 2 aliphatic heterocycles. The van der Waals surface area contributed by atoms with Gasteiger partial charge in [0.15, 0.2) is 0 Å². The average Bonchev–Trinajstić information content (AvgIpc) is 2.76. The molecule has 3 rings (SSSR count). The lowest BCUT2D eigenvalue weighted by Gasteiger charge is -2.49. The number of aromatic nitrogens is 1. The van der Waals surface area contributed by atoms with Gasteiger partial charge in [-0.1, -0.05) is 24.7 Å². The van der Waals surface area contributed by atoms with Gasteiger partial charge in [0.1, 0.15) is 0 Å². The Balaban J connectivity index is 1.70. The summed E-state index contributed by atoms with van der Waals surface area (Å²) >= 11 is 1.28. The van der Waals surface area contributed by atoms with E-state index >= 15 is 0 Å². The standard InChI is InChI=1S/C14H23N3OS/c1-2-15-10-6-12-4-3-5-13(7-10)17(12)8-11-9-19-14(18)16-11/h9-10,12-13,15H,2-8H2,1H3,(H,16,18). The number of nitrogens with zero attached hydrogens (tertiary/aromatic N) is 1. The Kier molecular flexibility index (Phi) is 4.05. The van der Waals surface area contributed by atoms with Crippen molar-refractivity contribution in [3.05, 3.63) is 20.7 Å². The lowest BCUT2D eigenvalue weighted by atomic mass is 9.81. The first-order valence-electron chi connectivity index (χ1n) is 7.42. The molecule has 0 spiro atoms. The summed E-state index contributed by atoms with van der Waals surface area (Å²) in [7, 11) is 0. The molecule has 0 radical (unpaired) electrons. The number of hydrogen-bond donors (Lipinski definition) is 2. The highest BCUT2D eigenvalue weighted by atomic mass is 32.1. The van der Waals surface area contributed by atoms with Crippen molar-refractivity contribution >= 4 is 11.3 Å². The molecule has 5 heteroatoms. The van der Waals surface area contributed by atoms with E-state index < -0.39 is 0 Å². The van der Waals surface area contributed by atoms with E-state index in [0.29, 0.717) is 18.1 Å². The van der Waals surface area contributed by atoms with Crippen molar-refractivity contribution < 1.29 is 0 Å². The van der Waals surface area contributed by atoms with Gasteiger partial charge in [-0.25, -0.2) is 0 Å². The lowest BCUT2D eigenvalue weighted by Crippen LogP contribution is -2.55. The van der Waals surface area contributed by atoms with E-state index in [1.165, 1.54) is 43.4 Å². The van der Waals surface area contributed by atoms with E-state index in [-0.39, 0.29) is 4.87 Å². The van der Waals surface area contributed by atoms with E-state index in [9.17, 15) is 4.79 Å². The molecule has 19 heavy (non-hydrogen) atoms. The summed E-state index contributed by atoms with van der Waals surface area (Å²) in [6, 6.07) is 2.08. The molecule has 3 heterocycles. The molecule has 2 saturated heterocycles. The van der Waals surface area contributed by atoms with Crippen molar-refractivity contribution in [2.24, 2.45) is 0 Å². The lowest BCUT2D eigenvalue weighted by molar-refractivity contribution is 0.0171. The van der Waals surface area contributed by atoms with Gasteiger partial charge in [-0.15, -0.1) is 0 Å². The molecule has 0 aliphatic carbocycles. The summed E-state index contributed by atoms with van der Waals surface area (Å²) < 4.78 is 0. The van der Waals surface area contributed by atoms with Crippen LogP contribution in [0.4, 0.5) is 0 Å². The quantitative estimate of drug-likeness (QED) is 0.886. The molecule has 106 valence electrons. The zero-order valence-electron chi connectivity index (χ0n) is 11.5. The predicted molar refractivity (Wildman–Crippen MR) is 78.6 cm³/mol. The van der Waals surface area contributed by atoms with Crippen LogP contribution in [0.2, 0.25) is 0 Å². The van der Waals surface area contributed by atoms with Gasteiger partial charge in [-0.05, 0) is 32.2 Å². The maximum atomic E-state index is 11.3. The third kappa shape index (κ3) is 2.93. The molecule has 2 atom stereocenters. The third-order valence-corrected chi connectivity index (χ3v) is 5.26. The second-order valence-corrected chi connectivity index (χ2v) is 6.65. The van der Waals surface area contributed by atoms with Crippen LogP contribution in [-0.2, 0) is 6.54 Å². The Morgan fingerprint density at radius 2 is 2.16 bits per heavy atom. The van der Waals surface area contributed by atoms with Gasteiger partial charge in [-0.3, -0.25) is 9.69 Å². The number of thiazole rings is 1. The second kappa shape index (κ2) is 5.77.